The highest BCUT2D eigenvalue weighted by molar-refractivity contribution is 5.97. The first-order chi connectivity index (χ1) is 18.2. The van der Waals surface area contributed by atoms with E-state index in [-0.39, 0.29) is 24.7 Å². The summed E-state index contributed by atoms with van der Waals surface area (Å²) in [5, 5.41) is 10.3. The van der Waals surface area contributed by atoms with E-state index in [2.05, 4.69) is 29.4 Å². The van der Waals surface area contributed by atoms with Gasteiger partial charge in [0, 0.05) is 41.7 Å². The summed E-state index contributed by atoms with van der Waals surface area (Å²) in [7, 11) is 0. The molecular weight excluding hydrogens is 480 g/mol. The number of nitrogens with two attached hydrogens (primary N) is 2. The van der Waals surface area contributed by atoms with Gasteiger partial charge in [0.2, 0.25) is 12.3 Å². The number of amides is 2. The summed E-state index contributed by atoms with van der Waals surface area (Å²) in [6, 6.07) is 16.4. The van der Waals surface area contributed by atoms with Crippen LogP contribution in [-0.2, 0) is 27.2 Å². The highest BCUT2D eigenvalue weighted by atomic mass is 16.4. The molecule has 0 radical (unpaired) electrons. The van der Waals surface area contributed by atoms with Gasteiger partial charge in [0.25, 0.3) is 0 Å². The average molecular weight is 523 g/mol. The van der Waals surface area contributed by atoms with Gasteiger partial charge in [-0.2, -0.15) is 0 Å². The molecule has 0 aliphatic carbocycles. The van der Waals surface area contributed by atoms with Crippen molar-refractivity contribution < 1.29 is 19.5 Å². The molecule has 6 N–H and O–H groups in total. The number of aryl methyl sites for hydroxylation is 1. The number of carboxylic acid groups (broad SMARTS) is 1. The molecule has 0 saturated carbocycles. The number of rotatable bonds is 7. The van der Waals surface area contributed by atoms with Crippen LogP contribution in [0, 0.1) is 5.92 Å². The Labute approximate surface area is 225 Å². The first-order valence-corrected chi connectivity index (χ1v) is 12.8. The van der Waals surface area contributed by atoms with E-state index in [9.17, 15) is 9.59 Å². The van der Waals surface area contributed by atoms with Crippen molar-refractivity contribution in [1.82, 2.24) is 4.98 Å². The van der Waals surface area contributed by atoms with Crippen LogP contribution in [-0.4, -0.2) is 41.0 Å². The van der Waals surface area contributed by atoms with Crippen molar-refractivity contribution in [2.24, 2.45) is 17.4 Å². The van der Waals surface area contributed by atoms with E-state index in [1.54, 1.807) is 6.08 Å². The Morgan fingerprint density at radius 2 is 1.71 bits per heavy atom. The third kappa shape index (κ3) is 10.6. The second-order valence-corrected chi connectivity index (χ2v) is 9.18. The quantitative estimate of drug-likeness (QED) is 0.260. The normalized spacial score (nSPS) is 12.1. The summed E-state index contributed by atoms with van der Waals surface area (Å²) in [6.07, 6.45) is 6.63. The van der Waals surface area contributed by atoms with Crippen LogP contribution in [0.5, 0.6) is 0 Å². The minimum absolute atomic E-state index is 0.0137. The number of carboxylic acids is 1. The molecule has 1 unspecified atom stereocenters. The van der Waals surface area contributed by atoms with Crippen LogP contribution in [0.3, 0.4) is 0 Å². The summed E-state index contributed by atoms with van der Waals surface area (Å²) in [5.41, 5.74) is 13.7. The molecule has 2 heterocycles. The van der Waals surface area contributed by atoms with Crippen molar-refractivity contribution in [3.8, 4) is 0 Å². The largest absolute Gasteiger partial charge is 0.481 e. The second-order valence-electron chi connectivity index (χ2n) is 9.18. The topological polar surface area (TPSA) is 143 Å². The number of anilines is 1. The molecule has 38 heavy (non-hydrogen) atoms. The van der Waals surface area contributed by atoms with E-state index in [1.165, 1.54) is 16.5 Å². The molecular formula is C30H42N4O4. The van der Waals surface area contributed by atoms with E-state index in [0.29, 0.717) is 25.4 Å². The van der Waals surface area contributed by atoms with Crippen LogP contribution in [0.25, 0.3) is 10.9 Å². The smallest absolute Gasteiger partial charge is 0.303 e. The summed E-state index contributed by atoms with van der Waals surface area (Å²) in [4.78, 5) is 38.1. The van der Waals surface area contributed by atoms with E-state index in [0.717, 1.165) is 24.0 Å². The Morgan fingerprint density at radius 3 is 2.34 bits per heavy atom. The van der Waals surface area contributed by atoms with Gasteiger partial charge in [0.1, 0.15) is 0 Å². The molecule has 2 amide bonds. The second kappa shape index (κ2) is 17.5. The van der Waals surface area contributed by atoms with Crippen LogP contribution < -0.4 is 16.4 Å². The number of fused-ring (bicyclic) bond motifs is 2. The predicted molar refractivity (Wildman–Crippen MR) is 155 cm³/mol. The number of aromatic nitrogens is 1. The van der Waals surface area contributed by atoms with Gasteiger partial charge in [-0.25, -0.2) is 0 Å². The molecule has 206 valence electrons. The van der Waals surface area contributed by atoms with Gasteiger partial charge in [0.15, 0.2) is 0 Å². The third-order valence-corrected chi connectivity index (χ3v) is 5.65. The first-order valence-electron chi connectivity index (χ1n) is 12.8. The number of para-hydroxylation sites is 2. The average Bonchev–Trinajstić information content (AvgIpc) is 3.49. The van der Waals surface area contributed by atoms with Crippen molar-refractivity contribution in [3.05, 3.63) is 78.5 Å². The Bertz CT molecular complexity index is 1150. The summed E-state index contributed by atoms with van der Waals surface area (Å²) >= 11 is 0. The number of allylic oxidation sites excluding steroid dienone is 1. The summed E-state index contributed by atoms with van der Waals surface area (Å²) < 4.78 is 0. The van der Waals surface area contributed by atoms with Gasteiger partial charge >= 0.3 is 5.97 Å². The number of aliphatic carboxylic acids is 1. The number of hydrogen-bond donors (Lipinski definition) is 4. The maximum Gasteiger partial charge on any atom is 0.303 e. The van der Waals surface area contributed by atoms with E-state index >= 15 is 0 Å². The lowest BCUT2D eigenvalue weighted by Crippen LogP contribution is -2.35. The van der Waals surface area contributed by atoms with Crippen LogP contribution in [0.1, 0.15) is 51.2 Å². The van der Waals surface area contributed by atoms with Crippen LogP contribution >= 0.6 is 0 Å². The number of aromatic amines is 1. The molecule has 0 fully saturated rings. The number of carbonyl (C=O) groups excluding carboxylic acids is 2. The van der Waals surface area contributed by atoms with Crippen LogP contribution in [0.15, 0.2) is 67.4 Å². The number of H-pyrrole nitrogens is 1. The first kappa shape index (κ1) is 32.1. The molecule has 1 atom stereocenters. The lowest BCUT2D eigenvalue weighted by atomic mass is 9.93. The van der Waals surface area contributed by atoms with E-state index < -0.39 is 5.97 Å². The number of nitrogens with zero attached hydrogens (tertiary/aromatic N) is 1. The van der Waals surface area contributed by atoms with Crippen molar-refractivity contribution in [1.29, 1.82) is 0 Å². The zero-order chi connectivity index (χ0) is 28.5. The fourth-order valence-electron chi connectivity index (χ4n) is 4.14. The van der Waals surface area contributed by atoms with Crippen molar-refractivity contribution in [3.63, 3.8) is 0 Å². The lowest BCUT2D eigenvalue weighted by molar-refractivity contribution is -0.137. The molecule has 2 aromatic carbocycles. The number of benzene rings is 2. The number of primary amides is 1. The molecule has 3 aromatic rings. The highest BCUT2D eigenvalue weighted by Gasteiger charge is 2.30. The van der Waals surface area contributed by atoms with Gasteiger partial charge in [-0.1, -0.05) is 56.3 Å². The SMILES string of the molecule is C=CC.CC(C)N.NC=O.O=C(O)CCC(CCc1c[nH]c2ccccc12)C(=O)N1CCc2ccccc21. The Balaban J connectivity index is 0.000000627. The fourth-order valence-corrected chi connectivity index (χ4v) is 4.14. The van der Waals surface area contributed by atoms with Gasteiger partial charge in [-0.3, -0.25) is 14.4 Å². The van der Waals surface area contributed by atoms with Crippen LogP contribution in [0.4, 0.5) is 5.69 Å². The van der Waals surface area contributed by atoms with Crippen molar-refractivity contribution in [2.75, 3.05) is 11.4 Å². The lowest BCUT2D eigenvalue weighted by Gasteiger charge is -2.24. The monoisotopic (exact) mass is 522 g/mol. The molecule has 0 bridgehead atoms. The van der Waals surface area contributed by atoms with E-state index in [4.69, 9.17) is 15.6 Å². The molecule has 8 heteroatoms. The minimum Gasteiger partial charge on any atom is -0.481 e. The zero-order valence-electron chi connectivity index (χ0n) is 22.7. The standard InChI is InChI=1S/C23H24N2O3.C3H9N.C3H6.CH3NO/c26-22(27)12-11-17(9-10-18-15-24-20-7-3-2-6-19(18)20)23(28)25-14-13-16-5-1-4-8-21(16)25;1-3(2)4;1-3-2;2-1-3/h1-8,15,17,24H,9-14H2,(H,26,27);3H,4H2,1-2H3;3H,1H2,2H3;1H,(H2,2,3). The van der Waals surface area contributed by atoms with Crippen LogP contribution in [0.2, 0.25) is 0 Å². The zero-order valence-corrected chi connectivity index (χ0v) is 22.7. The highest BCUT2D eigenvalue weighted by Crippen LogP contribution is 2.31. The molecule has 1 aliphatic rings. The van der Waals surface area contributed by atoms with Gasteiger partial charge in [0.05, 0.1) is 0 Å². The molecule has 1 aromatic heterocycles. The Kier molecular flexibility index (Phi) is 14.8. The van der Waals surface area contributed by atoms with Crippen molar-refractivity contribution >= 4 is 34.9 Å². The van der Waals surface area contributed by atoms with E-state index in [1.807, 2.05) is 68.3 Å². The molecule has 8 nitrogen and oxygen atoms in total. The maximum absolute atomic E-state index is 13.3. The predicted octanol–water partition coefficient (Wildman–Crippen LogP) is 4.82. The Morgan fingerprint density at radius 1 is 1.13 bits per heavy atom. The Hall–Kier alpha value is -3.91. The number of carbonyl (C=O) groups is 3. The maximum atomic E-state index is 13.3. The minimum atomic E-state index is -0.855. The third-order valence-electron chi connectivity index (χ3n) is 5.65. The molecule has 0 saturated heterocycles. The molecule has 0 spiro atoms. The van der Waals surface area contributed by atoms with Gasteiger partial charge < -0.3 is 26.5 Å². The molecule has 1 aliphatic heterocycles. The van der Waals surface area contributed by atoms with Gasteiger partial charge in [-0.15, -0.1) is 6.58 Å². The number of hydrogen-bond acceptors (Lipinski definition) is 4. The van der Waals surface area contributed by atoms with Gasteiger partial charge in [-0.05, 0) is 61.9 Å². The summed E-state index contributed by atoms with van der Waals surface area (Å²) in [5.74, 6) is -1.10. The molecule has 4 rings (SSSR count). The fraction of sp³-hybridized carbons (Fsp3) is 0.367. The summed E-state index contributed by atoms with van der Waals surface area (Å²) in [6.45, 7) is 9.81. The van der Waals surface area contributed by atoms with Crippen molar-refractivity contribution in [2.45, 2.75) is 58.9 Å². The number of nitrogens with one attached hydrogen (secondary N) is 1.